The van der Waals surface area contributed by atoms with Crippen LogP contribution in [0, 0.1) is 0 Å². The van der Waals surface area contributed by atoms with Gasteiger partial charge in [0.05, 0.1) is 5.41 Å². The average molecular weight is 716 g/mol. The summed E-state index contributed by atoms with van der Waals surface area (Å²) in [6.45, 7) is 0. The van der Waals surface area contributed by atoms with Crippen molar-refractivity contribution >= 4 is 17.3 Å². The van der Waals surface area contributed by atoms with E-state index in [2.05, 4.69) is 248 Å². The molecule has 1 N–H and O–H groups in total. The lowest BCUT2D eigenvalue weighted by Gasteiger charge is -2.34. The molecule has 0 atom stereocenters. The van der Waals surface area contributed by atoms with E-state index in [0.717, 1.165) is 16.8 Å². The third-order valence-corrected chi connectivity index (χ3v) is 10.9. The van der Waals surface area contributed by atoms with Crippen LogP contribution in [0.25, 0.3) is 45.0 Å². The third-order valence-electron chi connectivity index (χ3n) is 10.9. The van der Waals surface area contributed by atoms with Gasteiger partial charge in [-0.1, -0.05) is 218 Å². The molecule has 0 saturated carbocycles. The summed E-state index contributed by atoms with van der Waals surface area (Å²) >= 11 is 0. The summed E-state index contributed by atoms with van der Waals surface area (Å²) in [5.41, 5.74) is 16.5. The van der Waals surface area contributed by atoms with Crippen LogP contribution in [0.15, 0.2) is 237 Å². The van der Waals surface area contributed by atoms with Crippen molar-refractivity contribution in [2.75, 3.05) is 5.32 Å². The topological polar surface area (TPSA) is 12.0 Å². The number of anilines is 1. The predicted octanol–water partition coefficient (Wildman–Crippen LogP) is 14.1. The number of benzene rings is 8. The summed E-state index contributed by atoms with van der Waals surface area (Å²) in [4.78, 5) is 0. The van der Waals surface area contributed by atoms with Gasteiger partial charge >= 0.3 is 0 Å². The van der Waals surface area contributed by atoms with Crippen LogP contribution in [-0.2, 0) is 5.41 Å². The van der Waals surface area contributed by atoms with Gasteiger partial charge < -0.3 is 5.32 Å². The molecule has 0 fully saturated rings. The third kappa shape index (κ3) is 6.61. The maximum Gasteiger partial charge on any atom is 0.0714 e. The molecule has 0 unspecified atom stereocenters. The Bertz CT molecular complexity index is 2630. The minimum absolute atomic E-state index is 0.444. The highest BCUT2D eigenvalue weighted by molar-refractivity contribution is 5.88. The van der Waals surface area contributed by atoms with Crippen LogP contribution in [0.5, 0.6) is 0 Å². The smallest absolute Gasteiger partial charge is 0.0714 e. The number of hydrogen-bond donors (Lipinski definition) is 1. The predicted molar refractivity (Wildman–Crippen MR) is 237 cm³/mol. The van der Waals surface area contributed by atoms with E-state index in [0.29, 0.717) is 0 Å². The highest BCUT2D eigenvalue weighted by Gasteiger charge is 2.46. The quantitative estimate of drug-likeness (QED) is 0.139. The van der Waals surface area contributed by atoms with Gasteiger partial charge in [0.1, 0.15) is 0 Å². The molecule has 0 aliphatic heterocycles. The summed E-state index contributed by atoms with van der Waals surface area (Å²) < 4.78 is 0. The van der Waals surface area contributed by atoms with Gasteiger partial charge in [0.25, 0.3) is 0 Å². The number of fused-ring (bicyclic) bond motifs is 3. The Morgan fingerprint density at radius 1 is 0.411 bits per heavy atom. The summed E-state index contributed by atoms with van der Waals surface area (Å²) in [6, 6.07) is 76.1. The summed E-state index contributed by atoms with van der Waals surface area (Å²) in [6.07, 6.45) is 10.8. The molecule has 266 valence electrons. The number of rotatable bonds is 10. The zero-order valence-corrected chi connectivity index (χ0v) is 31.1. The van der Waals surface area contributed by atoms with E-state index >= 15 is 0 Å². The highest BCUT2D eigenvalue weighted by atomic mass is 14.8. The Balaban J connectivity index is 1.07. The first-order chi connectivity index (χ1) is 27.8. The fourth-order valence-corrected chi connectivity index (χ4v) is 8.25. The molecule has 0 radical (unpaired) electrons. The van der Waals surface area contributed by atoms with Gasteiger partial charge in [0, 0.05) is 11.9 Å². The molecule has 0 aromatic heterocycles. The molecule has 0 amide bonds. The molecular weight excluding hydrogens is 675 g/mol. The Hall–Kier alpha value is -7.22. The zero-order chi connectivity index (χ0) is 37.6. The van der Waals surface area contributed by atoms with Gasteiger partial charge in [-0.2, -0.15) is 0 Å². The molecular formula is C55H41N. The van der Waals surface area contributed by atoms with Crippen LogP contribution < -0.4 is 5.32 Å². The van der Waals surface area contributed by atoms with E-state index in [1.807, 2.05) is 0 Å². The Morgan fingerprint density at radius 2 is 0.982 bits per heavy atom. The van der Waals surface area contributed by atoms with Gasteiger partial charge in [0.15, 0.2) is 0 Å². The molecule has 8 aromatic carbocycles. The van der Waals surface area contributed by atoms with Gasteiger partial charge in [-0.3, -0.25) is 0 Å². The Labute approximate surface area is 330 Å². The minimum Gasteiger partial charge on any atom is -0.361 e. The lowest BCUT2D eigenvalue weighted by Crippen LogP contribution is -2.28. The van der Waals surface area contributed by atoms with Crippen molar-refractivity contribution in [1.82, 2.24) is 0 Å². The number of allylic oxidation sites excluding steroid dienone is 4. The SMILES string of the molecule is C(/C=C\c1ccc(-c2ccccc2)cc1-c1ccccc1)=C/C(=C/Nc1ccc2c(c1)C(c1ccccc1)(c1ccccc1)c1ccccc1-2)c1ccccc1. The van der Waals surface area contributed by atoms with E-state index < -0.39 is 5.41 Å². The largest absolute Gasteiger partial charge is 0.361 e. The van der Waals surface area contributed by atoms with Crippen molar-refractivity contribution in [3.05, 3.63) is 270 Å². The maximum atomic E-state index is 3.71. The first kappa shape index (κ1) is 34.5. The van der Waals surface area contributed by atoms with Crippen molar-refractivity contribution in [3.63, 3.8) is 0 Å². The maximum absolute atomic E-state index is 3.71. The van der Waals surface area contributed by atoms with Crippen LogP contribution in [0.2, 0.25) is 0 Å². The van der Waals surface area contributed by atoms with Crippen molar-refractivity contribution in [2.45, 2.75) is 5.41 Å². The second kappa shape index (κ2) is 15.6. The minimum atomic E-state index is -0.444. The molecule has 8 aromatic rings. The van der Waals surface area contributed by atoms with Crippen LogP contribution in [-0.4, -0.2) is 0 Å². The standard InChI is InChI=1S/C55H41N/c1-6-20-41(21-7-1)45-35-34-44(52(38-45)43-24-10-3-11-25-43)26-16-17-27-46(42-22-8-2-9-23-42)40-56-49-36-37-51-50-32-18-19-33-53(50)55(54(51)39-49,47-28-12-4-13-29-47)48-30-14-5-15-31-48/h1-40,56H/b26-16-,27-17-,46-40-. The van der Waals surface area contributed by atoms with Crippen LogP contribution in [0.4, 0.5) is 5.69 Å². The lowest BCUT2D eigenvalue weighted by molar-refractivity contribution is 0.769. The van der Waals surface area contributed by atoms with Crippen molar-refractivity contribution in [1.29, 1.82) is 0 Å². The van der Waals surface area contributed by atoms with Crippen LogP contribution in [0.1, 0.15) is 33.4 Å². The Kier molecular flexibility index (Phi) is 9.64. The molecule has 1 aliphatic rings. The van der Waals surface area contributed by atoms with Gasteiger partial charge in [-0.25, -0.2) is 0 Å². The van der Waals surface area contributed by atoms with E-state index in [1.54, 1.807) is 0 Å². The monoisotopic (exact) mass is 715 g/mol. The van der Waals surface area contributed by atoms with Crippen molar-refractivity contribution in [2.24, 2.45) is 0 Å². The Morgan fingerprint density at radius 3 is 1.66 bits per heavy atom. The van der Waals surface area contributed by atoms with E-state index in [1.165, 1.54) is 61.2 Å². The van der Waals surface area contributed by atoms with Gasteiger partial charge in [0.2, 0.25) is 0 Å². The fraction of sp³-hybridized carbons (Fsp3) is 0.0182. The molecule has 9 rings (SSSR count). The molecule has 0 heterocycles. The van der Waals surface area contributed by atoms with E-state index in [9.17, 15) is 0 Å². The second-order valence-corrected chi connectivity index (χ2v) is 14.2. The summed E-state index contributed by atoms with van der Waals surface area (Å²) in [5.74, 6) is 0. The van der Waals surface area contributed by atoms with Gasteiger partial charge in [-0.05, 0) is 90.5 Å². The number of nitrogens with one attached hydrogen (secondary N) is 1. The average Bonchev–Trinajstić information content (AvgIpc) is 3.58. The first-order valence-corrected chi connectivity index (χ1v) is 19.3. The summed E-state index contributed by atoms with van der Waals surface area (Å²) in [5, 5.41) is 3.71. The molecule has 1 aliphatic carbocycles. The van der Waals surface area contributed by atoms with Crippen LogP contribution in [0.3, 0.4) is 0 Å². The fourth-order valence-electron chi connectivity index (χ4n) is 8.25. The zero-order valence-electron chi connectivity index (χ0n) is 31.1. The molecule has 0 spiro atoms. The molecule has 0 saturated heterocycles. The second-order valence-electron chi connectivity index (χ2n) is 14.2. The first-order valence-electron chi connectivity index (χ1n) is 19.3. The molecule has 1 nitrogen and oxygen atoms in total. The van der Waals surface area contributed by atoms with E-state index in [-0.39, 0.29) is 0 Å². The van der Waals surface area contributed by atoms with Crippen LogP contribution >= 0.6 is 0 Å². The van der Waals surface area contributed by atoms with Crippen molar-refractivity contribution < 1.29 is 0 Å². The summed E-state index contributed by atoms with van der Waals surface area (Å²) in [7, 11) is 0. The lowest BCUT2D eigenvalue weighted by atomic mass is 9.67. The number of hydrogen-bond acceptors (Lipinski definition) is 1. The normalized spacial score (nSPS) is 13.1. The van der Waals surface area contributed by atoms with E-state index in [4.69, 9.17) is 0 Å². The highest BCUT2D eigenvalue weighted by Crippen LogP contribution is 2.56. The molecule has 1 heteroatoms. The van der Waals surface area contributed by atoms with Gasteiger partial charge in [-0.15, -0.1) is 0 Å². The molecule has 0 bridgehead atoms. The molecule has 56 heavy (non-hydrogen) atoms. The van der Waals surface area contributed by atoms with Crippen molar-refractivity contribution in [3.8, 4) is 33.4 Å².